The molecule has 0 aromatic heterocycles. The van der Waals surface area contributed by atoms with Gasteiger partial charge in [0.1, 0.15) is 11.9 Å². The fourth-order valence-electron chi connectivity index (χ4n) is 2.07. The number of halogens is 1. The van der Waals surface area contributed by atoms with E-state index in [4.69, 9.17) is 4.74 Å². The van der Waals surface area contributed by atoms with Crippen molar-refractivity contribution in [1.82, 2.24) is 4.90 Å². The lowest BCUT2D eigenvalue weighted by Crippen LogP contribution is -2.45. The van der Waals surface area contributed by atoms with E-state index in [2.05, 4.69) is 0 Å². The van der Waals surface area contributed by atoms with Gasteiger partial charge in [0.05, 0.1) is 12.6 Å². The minimum atomic E-state index is -0.263. The third kappa shape index (κ3) is 2.82. The Hall–Kier alpha value is -1.42. The van der Waals surface area contributed by atoms with Crippen LogP contribution in [0.25, 0.3) is 0 Å². The van der Waals surface area contributed by atoms with E-state index in [1.54, 1.807) is 24.0 Å². The van der Waals surface area contributed by atoms with Crippen molar-refractivity contribution in [2.45, 2.75) is 26.1 Å². The number of carbonyl (C=O) groups excluding carboxylic acids is 1. The summed E-state index contributed by atoms with van der Waals surface area (Å²) in [5.41, 5.74) is 0.907. The standard InChI is InChI=1S/C13H16FNO2/c1-9-7-15(10(2)16)8-13(17-9)11-3-5-12(14)6-4-11/h3-6,9,13H,7-8H2,1-2H3/t9-,13+/m1/s1. The number of hydrogen-bond donors (Lipinski definition) is 0. The van der Waals surface area contributed by atoms with Crippen molar-refractivity contribution in [2.24, 2.45) is 0 Å². The van der Waals surface area contributed by atoms with Crippen LogP contribution in [-0.4, -0.2) is 30.0 Å². The van der Waals surface area contributed by atoms with Crippen LogP contribution in [0.3, 0.4) is 0 Å². The van der Waals surface area contributed by atoms with Gasteiger partial charge >= 0.3 is 0 Å². The summed E-state index contributed by atoms with van der Waals surface area (Å²) < 4.78 is 18.6. The van der Waals surface area contributed by atoms with Gasteiger partial charge in [0, 0.05) is 13.5 Å². The topological polar surface area (TPSA) is 29.5 Å². The molecule has 0 bridgehead atoms. The zero-order valence-electron chi connectivity index (χ0n) is 10.0. The van der Waals surface area contributed by atoms with Gasteiger partial charge in [-0.05, 0) is 24.6 Å². The van der Waals surface area contributed by atoms with Crippen LogP contribution < -0.4 is 0 Å². The van der Waals surface area contributed by atoms with Gasteiger partial charge in [-0.25, -0.2) is 4.39 Å². The number of amides is 1. The summed E-state index contributed by atoms with van der Waals surface area (Å²) in [6.45, 7) is 4.64. The quantitative estimate of drug-likeness (QED) is 0.749. The molecule has 3 nitrogen and oxygen atoms in total. The van der Waals surface area contributed by atoms with E-state index in [0.717, 1.165) is 5.56 Å². The molecule has 4 heteroatoms. The maximum Gasteiger partial charge on any atom is 0.219 e. The van der Waals surface area contributed by atoms with Crippen molar-refractivity contribution >= 4 is 5.91 Å². The van der Waals surface area contributed by atoms with Gasteiger partial charge in [-0.15, -0.1) is 0 Å². The first-order chi connectivity index (χ1) is 8.06. The first-order valence-corrected chi connectivity index (χ1v) is 5.72. The fraction of sp³-hybridized carbons (Fsp3) is 0.462. The summed E-state index contributed by atoms with van der Waals surface area (Å²) in [5, 5.41) is 0. The Morgan fingerprint density at radius 2 is 2.00 bits per heavy atom. The van der Waals surface area contributed by atoms with Gasteiger partial charge in [-0.2, -0.15) is 0 Å². The van der Waals surface area contributed by atoms with E-state index >= 15 is 0 Å². The van der Waals surface area contributed by atoms with Gasteiger partial charge in [0.15, 0.2) is 0 Å². The summed E-state index contributed by atoms with van der Waals surface area (Å²) in [6, 6.07) is 6.23. The van der Waals surface area contributed by atoms with Crippen LogP contribution in [0.4, 0.5) is 4.39 Å². The molecule has 0 spiro atoms. The highest BCUT2D eigenvalue weighted by Crippen LogP contribution is 2.25. The maximum atomic E-state index is 12.8. The van der Waals surface area contributed by atoms with Gasteiger partial charge < -0.3 is 9.64 Å². The molecule has 0 N–H and O–H groups in total. The van der Waals surface area contributed by atoms with Crippen LogP contribution in [0.15, 0.2) is 24.3 Å². The number of ether oxygens (including phenoxy) is 1. The van der Waals surface area contributed by atoms with Crippen LogP contribution in [-0.2, 0) is 9.53 Å². The zero-order chi connectivity index (χ0) is 12.4. The van der Waals surface area contributed by atoms with Gasteiger partial charge in [0.25, 0.3) is 0 Å². The SMILES string of the molecule is CC(=O)N1C[C@@H](C)O[C@H](c2ccc(F)cc2)C1. The molecular formula is C13H16FNO2. The number of morpholine rings is 1. The minimum absolute atomic E-state index is 0.00250. The van der Waals surface area contributed by atoms with Crippen molar-refractivity contribution in [3.63, 3.8) is 0 Å². The molecule has 0 radical (unpaired) electrons. The fourth-order valence-corrected chi connectivity index (χ4v) is 2.07. The number of nitrogens with zero attached hydrogens (tertiary/aromatic N) is 1. The molecule has 0 aliphatic carbocycles. The van der Waals surface area contributed by atoms with Crippen LogP contribution >= 0.6 is 0 Å². The van der Waals surface area contributed by atoms with Crippen molar-refractivity contribution in [3.8, 4) is 0 Å². The molecular weight excluding hydrogens is 221 g/mol. The molecule has 1 aliphatic rings. The highest BCUT2D eigenvalue weighted by Gasteiger charge is 2.27. The Kier molecular flexibility index (Phi) is 3.43. The third-order valence-electron chi connectivity index (χ3n) is 2.95. The molecule has 0 unspecified atom stereocenters. The number of carbonyl (C=O) groups is 1. The molecule has 17 heavy (non-hydrogen) atoms. The first-order valence-electron chi connectivity index (χ1n) is 5.72. The maximum absolute atomic E-state index is 12.8. The second kappa shape index (κ2) is 4.84. The lowest BCUT2D eigenvalue weighted by atomic mass is 10.1. The lowest BCUT2D eigenvalue weighted by Gasteiger charge is -2.36. The number of hydrogen-bond acceptors (Lipinski definition) is 2. The highest BCUT2D eigenvalue weighted by molar-refractivity contribution is 5.73. The summed E-state index contributed by atoms with van der Waals surface area (Å²) in [5.74, 6) is -0.215. The monoisotopic (exact) mass is 237 g/mol. The van der Waals surface area contributed by atoms with Crippen LogP contribution in [0, 0.1) is 5.82 Å². The molecule has 1 amide bonds. The largest absolute Gasteiger partial charge is 0.367 e. The average molecular weight is 237 g/mol. The summed E-state index contributed by atoms with van der Waals surface area (Å²) in [6.07, 6.45) is -0.161. The zero-order valence-corrected chi connectivity index (χ0v) is 10.0. The predicted octanol–water partition coefficient (Wildman–Crippen LogP) is 2.13. The molecule has 1 aliphatic heterocycles. The van der Waals surface area contributed by atoms with Crippen LogP contribution in [0.2, 0.25) is 0 Å². The normalized spacial score (nSPS) is 24.8. The van der Waals surface area contributed by atoms with E-state index in [-0.39, 0.29) is 23.9 Å². The van der Waals surface area contributed by atoms with Gasteiger partial charge in [-0.3, -0.25) is 4.79 Å². The minimum Gasteiger partial charge on any atom is -0.367 e. The molecule has 1 heterocycles. The Labute approximate surface area is 100 Å². The molecule has 1 saturated heterocycles. The van der Waals surface area contributed by atoms with E-state index < -0.39 is 0 Å². The lowest BCUT2D eigenvalue weighted by molar-refractivity contribution is -0.142. The van der Waals surface area contributed by atoms with E-state index in [1.165, 1.54) is 12.1 Å². The Morgan fingerprint density at radius 3 is 2.59 bits per heavy atom. The van der Waals surface area contributed by atoms with Crippen molar-refractivity contribution in [2.75, 3.05) is 13.1 Å². The Balaban J connectivity index is 2.15. The van der Waals surface area contributed by atoms with E-state index in [1.807, 2.05) is 6.92 Å². The summed E-state index contributed by atoms with van der Waals surface area (Å²) >= 11 is 0. The molecule has 1 fully saturated rings. The third-order valence-corrected chi connectivity index (χ3v) is 2.95. The van der Waals surface area contributed by atoms with Crippen molar-refractivity contribution in [1.29, 1.82) is 0 Å². The Bertz CT molecular complexity index is 404. The predicted molar refractivity (Wildman–Crippen MR) is 61.9 cm³/mol. The molecule has 2 atom stereocenters. The summed E-state index contributed by atoms with van der Waals surface area (Å²) in [4.78, 5) is 13.2. The van der Waals surface area contributed by atoms with Crippen LogP contribution in [0.5, 0.6) is 0 Å². The van der Waals surface area contributed by atoms with E-state index in [9.17, 15) is 9.18 Å². The molecule has 0 saturated carbocycles. The van der Waals surface area contributed by atoms with Gasteiger partial charge in [-0.1, -0.05) is 12.1 Å². The molecule has 92 valence electrons. The average Bonchev–Trinajstić information content (AvgIpc) is 2.29. The summed E-state index contributed by atoms with van der Waals surface area (Å²) in [7, 11) is 0. The highest BCUT2D eigenvalue weighted by atomic mass is 19.1. The van der Waals surface area contributed by atoms with E-state index in [0.29, 0.717) is 13.1 Å². The van der Waals surface area contributed by atoms with Crippen molar-refractivity contribution < 1.29 is 13.9 Å². The first kappa shape index (κ1) is 12.0. The smallest absolute Gasteiger partial charge is 0.219 e. The van der Waals surface area contributed by atoms with Crippen LogP contribution in [0.1, 0.15) is 25.5 Å². The molecule has 1 aromatic rings. The number of benzene rings is 1. The second-order valence-corrected chi connectivity index (χ2v) is 4.41. The Morgan fingerprint density at radius 1 is 1.35 bits per heavy atom. The van der Waals surface area contributed by atoms with Gasteiger partial charge in [0.2, 0.25) is 5.91 Å². The second-order valence-electron chi connectivity index (χ2n) is 4.41. The number of rotatable bonds is 1. The molecule has 1 aromatic carbocycles. The van der Waals surface area contributed by atoms with Crippen molar-refractivity contribution in [3.05, 3.63) is 35.6 Å². The molecule has 2 rings (SSSR count).